The summed E-state index contributed by atoms with van der Waals surface area (Å²) in [6.45, 7) is 0.391. The van der Waals surface area contributed by atoms with Gasteiger partial charge in [0.15, 0.2) is 12.6 Å². The van der Waals surface area contributed by atoms with Gasteiger partial charge in [-0.25, -0.2) is 4.98 Å². The Morgan fingerprint density at radius 1 is 0.789 bits per heavy atom. The van der Waals surface area contributed by atoms with Crippen LogP contribution in [0.2, 0.25) is 20.1 Å². The van der Waals surface area contributed by atoms with E-state index in [2.05, 4.69) is 4.98 Å². The van der Waals surface area contributed by atoms with Crippen LogP contribution < -0.4 is 28.7 Å². The van der Waals surface area contributed by atoms with Crippen LogP contribution in [0.5, 0.6) is 0 Å². The van der Waals surface area contributed by atoms with E-state index in [1.807, 2.05) is 22.9 Å². The van der Waals surface area contributed by atoms with Crippen molar-refractivity contribution in [3.05, 3.63) is 86.3 Å². The molecule has 0 radical (unpaired) electrons. The van der Waals surface area contributed by atoms with Gasteiger partial charge in [-0.1, -0.05) is 58.5 Å². The van der Waals surface area contributed by atoms with Gasteiger partial charge in [0.05, 0.1) is 50.4 Å². The molecule has 57 heavy (non-hydrogen) atoms. The van der Waals surface area contributed by atoms with Crippen LogP contribution in [0.25, 0.3) is 0 Å². The second-order valence-electron chi connectivity index (χ2n) is 14.2. The second-order valence-corrected chi connectivity index (χ2v) is 15.9. The third-order valence-electron chi connectivity index (χ3n) is 10.1. The van der Waals surface area contributed by atoms with E-state index in [1.165, 1.54) is 0 Å². The van der Waals surface area contributed by atoms with Crippen molar-refractivity contribution in [1.82, 2.24) is 9.55 Å². The third-order valence-corrected chi connectivity index (χ3v) is 11.3. The number of aliphatic hydroxyl groups is 5. The number of nitrogens with zero attached hydrogens (tertiary/aromatic N) is 2. The van der Waals surface area contributed by atoms with Gasteiger partial charge in [-0.3, -0.25) is 0 Å². The van der Waals surface area contributed by atoms with Crippen LogP contribution in [0.4, 0.5) is 0 Å². The molecule has 0 spiro atoms. The minimum atomic E-state index is -1.44. The molecule has 2 aromatic carbocycles. The van der Waals surface area contributed by atoms with E-state index in [1.54, 1.807) is 36.8 Å². The first-order valence-electron chi connectivity index (χ1n) is 18.2. The average Bonchev–Trinajstić information content (AvgIpc) is 3.68. The second kappa shape index (κ2) is 21.1. The molecule has 3 aromatic rings. The SMILES string of the molecule is Clc1ccc(COC(Cn2ccnc2)c2ccc(Cl)cc2Cl)c(Cl)c1.NC[C@H]1O[C@H](O[C@H]2[C@H](O)[C@@H](O[C@H]3O[C@H](CO)[C@@H](O)[C@H](N)[C@H]3O)[C@H](N)C[C@@H]2N)[C@H](N)C[C@@H]1O. The van der Waals surface area contributed by atoms with E-state index >= 15 is 0 Å². The quantitative estimate of drug-likeness (QED) is 0.116. The van der Waals surface area contributed by atoms with Crippen LogP contribution in [0.15, 0.2) is 55.1 Å². The molecule has 3 fully saturated rings. The average molecular weight is 884 g/mol. The third kappa shape index (κ3) is 11.7. The number of ether oxygens (including phenoxy) is 5. The molecule has 6 rings (SSSR count). The Balaban J connectivity index is 0.000000224. The molecule has 2 aliphatic heterocycles. The van der Waals surface area contributed by atoms with Crippen LogP contribution in [0.1, 0.15) is 30.1 Å². The Labute approximate surface area is 349 Å². The van der Waals surface area contributed by atoms with Gasteiger partial charge in [0, 0.05) is 56.7 Å². The van der Waals surface area contributed by atoms with Crippen molar-refractivity contribution < 1.29 is 49.2 Å². The monoisotopic (exact) mass is 881 g/mol. The molecule has 1 unspecified atom stereocenters. The zero-order chi connectivity index (χ0) is 41.6. The first kappa shape index (κ1) is 46.3. The fourth-order valence-electron chi connectivity index (χ4n) is 6.85. The minimum absolute atomic E-state index is 0.0542. The fraction of sp³-hybridized carbons (Fsp3) is 0.583. The lowest BCUT2D eigenvalue weighted by Crippen LogP contribution is -2.68. The van der Waals surface area contributed by atoms with Crippen LogP contribution in [-0.2, 0) is 36.8 Å². The maximum atomic E-state index is 11.0. The molecule has 3 heterocycles. The Morgan fingerprint density at radius 2 is 1.42 bits per heavy atom. The predicted octanol–water partition coefficient (Wildman–Crippen LogP) is 0.159. The van der Waals surface area contributed by atoms with Gasteiger partial charge in [-0.15, -0.1) is 0 Å². The number of rotatable bonds is 12. The van der Waals surface area contributed by atoms with Gasteiger partial charge < -0.3 is 82.5 Å². The van der Waals surface area contributed by atoms with Crippen LogP contribution in [0.3, 0.4) is 0 Å². The van der Waals surface area contributed by atoms with E-state index in [4.69, 9.17) is 98.8 Å². The highest BCUT2D eigenvalue weighted by Crippen LogP contribution is 2.33. The van der Waals surface area contributed by atoms with Crippen LogP contribution >= 0.6 is 46.4 Å². The minimum Gasteiger partial charge on any atom is -0.394 e. The first-order valence-corrected chi connectivity index (χ1v) is 19.8. The molecule has 17 nitrogen and oxygen atoms in total. The zero-order valence-electron chi connectivity index (χ0n) is 30.7. The topological polar surface area (TPSA) is 295 Å². The van der Waals surface area contributed by atoms with Crippen molar-refractivity contribution >= 4 is 46.4 Å². The van der Waals surface area contributed by atoms with Crippen molar-refractivity contribution in [2.45, 2.75) is 118 Å². The molecular weight excluding hydrogens is 832 g/mol. The number of aromatic nitrogens is 2. The summed E-state index contributed by atoms with van der Waals surface area (Å²) in [4.78, 5) is 4.07. The Hall–Kier alpha value is -1.79. The molecule has 15 atom stereocenters. The summed E-state index contributed by atoms with van der Waals surface area (Å²) in [7, 11) is 0. The summed E-state index contributed by atoms with van der Waals surface area (Å²) in [5.74, 6) is 0. The summed E-state index contributed by atoms with van der Waals surface area (Å²) in [5.41, 5.74) is 31.5. The molecule has 3 aliphatic rings. The number of hydrogen-bond acceptors (Lipinski definition) is 16. The maximum absolute atomic E-state index is 11.0. The largest absolute Gasteiger partial charge is 0.394 e. The number of imidazole rings is 1. The van der Waals surface area contributed by atoms with E-state index in [-0.39, 0.29) is 25.5 Å². The van der Waals surface area contributed by atoms with Gasteiger partial charge >= 0.3 is 0 Å². The van der Waals surface area contributed by atoms with Gasteiger partial charge in [0.25, 0.3) is 0 Å². The predicted molar refractivity (Wildman–Crippen MR) is 211 cm³/mol. The van der Waals surface area contributed by atoms with Gasteiger partial charge in [0.2, 0.25) is 0 Å². The van der Waals surface area contributed by atoms with E-state index in [0.29, 0.717) is 33.2 Å². The van der Waals surface area contributed by atoms with Gasteiger partial charge in [0.1, 0.15) is 42.7 Å². The zero-order valence-corrected chi connectivity index (χ0v) is 33.7. The van der Waals surface area contributed by atoms with Crippen molar-refractivity contribution in [1.29, 1.82) is 0 Å². The molecule has 0 amide bonds. The molecule has 318 valence electrons. The van der Waals surface area contributed by atoms with Crippen molar-refractivity contribution in [2.24, 2.45) is 28.7 Å². The normalized spacial score (nSPS) is 35.0. The van der Waals surface area contributed by atoms with E-state index in [9.17, 15) is 25.5 Å². The molecule has 0 bridgehead atoms. The highest BCUT2D eigenvalue weighted by molar-refractivity contribution is 6.35. The number of aliphatic hydroxyl groups excluding tert-OH is 5. The summed E-state index contributed by atoms with van der Waals surface area (Å²) in [6.07, 6.45) is -5.73. The molecule has 1 aliphatic carbocycles. The number of hydrogen-bond donors (Lipinski definition) is 10. The molecule has 1 saturated carbocycles. The van der Waals surface area contributed by atoms with Gasteiger partial charge in [-0.05, 0) is 42.7 Å². The molecule has 21 heteroatoms. The first-order chi connectivity index (χ1) is 27.1. The highest BCUT2D eigenvalue weighted by Gasteiger charge is 2.50. The summed E-state index contributed by atoms with van der Waals surface area (Å²) < 4.78 is 30.8. The molecular formula is C36H51Cl4N7O10. The van der Waals surface area contributed by atoms with Gasteiger partial charge in [-0.2, -0.15) is 0 Å². The Morgan fingerprint density at radius 3 is 2.02 bits per heavy atom. The fourth-order valence-corrected chi connectivity index (χ4v) is 7.84. The summed E-state index contributed by atoms with van der Waals surface area (Å²) in [5, 5.41) is 53.0. The highest BCUT2D eigenvalue weighted by atomic mass is 35.5. The lowest BCUT2D eigenvalue weighted by Gasteiger charge is -2.47. The van der Waals surface area contributed by atoms with Crippen molar-refractivity contribution in [3.63, 3.8) is 0 Å². The maximum Gasteiger partial charge on any atom is 0.186 e. The van der Waals surface area contributed by atoms with E-state index < -0.39 is 92.2 Å². The Bertz CT molecular complexity index is 1710. The van der Waals surface area contributed by atoms with E-state index in [0.717, 1.165) is 11.1 Å². The summed E-state index contributed by atoms with van der Waals surface area (Å²) in [6, 6.07) is 7.43. The lowest BCUT2D eigenvalue weighted by atomic mass is 9.84. The van der Waals surface area contributed by atoms with Crippen molar-refractivity contribution in [2.75, 3.05) is 13.2 Å². The molecule has 2 saturated heterocycles. The standard InChI is InChI=1S/C18H14Cl4N2O.C18H37N5O9/c19-13-2-1-12(16(21)7-13)10-25-18(9-24-6-5-23-11-24)15-4-3-14(20)8-17(15)22;19-3-9-8(25)2-7(22)17(29-9)31-15-5(20)1-6(21)16(14(15)28)32-18-13(27)11(23)12(26)10(4-24)30-18/h1-8,11,18H,9-10H2;5-18,24-28H,1-4,19-23H2/t;5-,6+,7+,8-,9+,10+,11-,12+,13+,14-,15+,16-,17+,18+/m.0/s1. The number of benzene rings is 2. The molecule has 15 N–H and O–H groups in total. The lowest BCUT2D eigenvalue weighted by molar-refractivity contribution is -0.314. The van der Waals surface area contributed by atoms with Crippen molar-refractivity contribution in [3.8, 4) is 0 Å². The number of halogens is 4. The smallest absolute Gasteiger partial charge is 0.186 e. The number of nitrogens with two attached hydrogens (primary N) is 5. The molecule has 1 aromatic heterocycles. The van der Waals surface area contributed by atoms with Crippen LogP contribution in [0, 0.1) is 0 Å². The summed E-state index contributed by atoms with van der Waals surface area (Å²) >= 11 is 24.5. The Kier molecular flexibility index (Phi) is 17.2. The van der Waals surface area contributed by atoms with Crippen LogP contribution in [-0.4, -0.2) is 134 Å².